The van der Waals surface area contributed by atoms with Crippen LogP contribution in [0, 0.1) is 11.3 Å². The Morgan fingerprint density at radius 1 is 1.24 bits per heavy atom. The van der Waals surface area contributed by atoms with Crippen molar-refractivity contribution in [3.8, 4) is 17.3 Å². The van der Waals surface area contributed by atoms with Gasteiger partial charge in [0, 0.05) is 12.1 Å². The second-order valence-corrected chi connectivity index (χ2v) is 5.09. The van der Waals surface area contributed by atoms with E-state index in [4.69, 9.17) is 23.2 Å². The van der Waals surface area contributed by atoms with Crippen LogP contribution >= 0.6 is 39.1 Å². The predicted molar refractivity (Wildman–Crippen MR) is 73.3 cm³/mol. The maximum atomic E-state index is 9.17. The molecule has 0 aliphatic rings. The first-order valence-electron chi connectivity index (χ1n) is 4.76. The molecule has 2 aromatic rings. The molecule has 0 aliphatic carbocycles. The lowest BCUT2D eigenvalue weighted by atomic mass is 10.1. The zero-order valence-corrected chi connectivity index (χ0v) is 11.9. The summed E-state index contributed by atoms with van der Waals surface area (Å²) in [7, 11) is 1.82. The van der Waals surface area contributed by atoms with Crippen LogP contribution in [0.25, 0.3) is 11.3 Å². The normalized spacial score (nSPS) is 10.3. The van der Waals surface area contributed by atoms with Crippen molar-refractivity contribution in [1.29, 1.82) is 5.26 Å². The third-order valence-corrected chi connectivity index (χ3v) is 4.19. The Hall–Kier alpha value is -0.950. The fourth-order valence-electron chi connectivity index (χ4n) is 1.67. The van der Waals surface area contributed by atoms with E-state index in [0.29, 0.717) is 20.2 Å². The van der Waals surface area contributed by atoms with Crippen LogP contribution in [-0.2, 0) is 7.05 Å². The van der Waals surface area contributed by atoms with E-state index in [0.717, 1.165) is 11.3 Å². The van der Waals surface area contributed by atoms with Crippen molar-refractivity contribution in [3.63, 3.8) is 0 Å². The predicted octanol–water partition coefficient (Wildman–Crippen LogP) is 4.63. The van der Waals surface area contributed by atoms with Gasteiger partial charge < -0.3 is 4.57 Å². The van der Waals surface area contributed by atoms with Gasteiger partial charge in [-0.05, 0) is 33.6 Å². The molecule has 0 saturated heterocycles. The minimum absolute atomic E-state index is 0.506. The lowest BCUT2D eigenvalue weighted by Crippen LogP contribution is -1.92. The van der Waals surface area contributed by atoms with Crippen LogP contribution in [0.5, 0.6) is 0 Å². The number of nitriles is 1. The highest BCUT2D eigenvalue weighted by molar-refractivity contribution is 9.10. The minimum atomic E-state index is 0.506. The van der Waals surface area contributed by atoms with Crippen molar-refractivity contribution in [1.82, 2.24) is 4.57 Å². The maximum absolute atomic E-state index is 9.17. The second kappa shape index (κ2) is 4.73. The Kier molecular flexibility index (Phi) is 3.48. The molecule has 0 aliphatic heterocycles. The lowest BCUT2D eigenvalue weighted by Gasteiger charge is -2.05. The van der Waals surface area contributed by atoms with Crippen LogP contribution in [0.4, 0.5) is 0 Å². The van der Waals surface area contributed by atoms with Gasteiger partial charge in [0.05, 0.1) is 15.7 Å². The lowest BCUT2D eigenvalue weighted by molar-refractivity contribution is 0.935. The first kappa shape index (κ1) is 12.5. The van der Waals surface area contributed by atoms with Gasteiger partial charge in [0.25, 0.3) is 0 Å². The van der Waals surface area contributed by atoms with Gasteiger partial charge >= 0.3 is 0 Å². The fourth-order valence-corrected chi connectivity index (χ4v) is 2.52. The van der Waals surface area contributed by atoms with Gasteiger partial charge in [-0.1, -0.05) is 35.3 Å². The number of halogens is 3. The van der Waals surface area contributed by atoms with Gasteiger partial charge in [-0.15, -0.1) is 0 Å². The maximum Gasteiger partial charge on any atom is 0.124 e. The molecule has 0 spiro atoms. The van der Waals surface area contributed by atoms with E-state index < -0.39 is 0 Å². The molecule has 17 heavy (non-hydrogen) atoms. The van der Waals surface area contributed by atoms with Crippen LogP contribution in [0.15, 0.2) is 28.7 Å². The van der Waals surface area contributed by atoms with Crippen molar-refractivity contribution in [2.45, 2.75) is 0 Å². The molecule has 0 N–H and O–H groups in total. The highest BCUT2D eigenvalue weighted by atomic mass is 79.9. The Morgan fingerprint density at radius 2 is 1.82 bits per heavy atom. The summed E-state index contributed by atoms with van der Waals surface area (Å²) < 4.78 is 2.39. The monoisotopic (exact) mass is 328 g/mol. The van der Waals surface area contributed by atoms with Gasteiger partial charge in [-0.2, -0.15) is 5.26 Å². The van der Waals surface area contributed by atoms with Crippen LogP contribution in [0.2, 0.25) is 10.2 Å². The van der Waals surface area contributed by atoms with Gasteiger partial charge in [0.2, 0.25) is 0 Å². The number of benzene rings is 1. The quantitative estimate of drug-likeness (QED) is 0.749. The molecule has 5 heteroatoms. The summed E-state index contributed by atoms with van der Waals surface area (Å²) in [4.78, 5) is 0. The van der Waals surface area contributed by atoms with E-state index in [1.165, 1.54) is 0 Å². The van der Waals surface area contributed by atoms with Gasteiger partial charge in [-0.25, -0.2) is 0 Å². The SMILES string of the molecule is Cn1c(Cl)c(Br)c(C#N)c1-c1ccc(Cl)cc1. The van der Waals surface area contributed by atoms with Crippen LogP contribution in [0.1, 0.15) is 5.56 Å². The molecule has 0 fully saturated rings. The average molecular weight is 330 g/mol. The molecule has 0 saturated carbocycles. The van der Waals surface area contributed by atoms with Crippen molar-refractivity contribution >= 4 is 39.1 Å². The fraction of sp³-hybridized carbons (Fsp3) is 0.0833. The van der Waals surface area contributed by atoms with Gasteiger partial charge in [0.15, 0.2) is 0 Å². The van der Waals surface area contributed by atoms with E-state index in [2.05, 4.69) is 22.0 Å². The zero-order chi connectivity index (χ0) is 12.6. The molecular formula is C12H7BrCl2N2. The van der Waals surface area contributed by atoms with E-state index in [1.807, 2.05) is 19.2 Å². The molecule has 1 aromatic heterocycles. The molecule has 0 amide bonds. The molecule has 2 rings (SSSR count). The first-order valence-corrected chi connectivity index (χ1v) is 6.31. The molecule has 86 valence electrons. The number of aromatic nitrogens is 1. The molecule has 0 unspecified atom stereocenters. The zero-order valence-electron chi connectivity index (χ0n) is 8.84. The van der Waals surface area contributed by atoms with Crippen LogP contribution < -0.4 is 0 Å². The summed E-state index contributed by atoms with van der Waals surface area (Å²) in [6.07, 6.45) is 0. The van der Waals surface area contributed by atoms with E-state index in [9.17, 15) is 5.26 Å². The summed E-state index contributed by atoms with van der Waals surface area (Å²) in [6, 6.07) is 9.45. The average Bonchev–Trinajstić information content (AvgIpc) is 2.54. The van der Waals surface area contributed by atoms with Gasteiger partial charge in [0.1, 0.15) is 11.2 Å². The van der Waals surface area contributed by atoms with Crippen LogP contribution in [0.3, 0.4) is 0 Å². The largest absolute Gasteiger partial charge is 0.333 e. The molecule has 0 bridgehead atoms. The highest BCUT2D eigenvalue weighted by Gasteiger charge is 2.18. The Labute approximate surface area is 118 Å². The summed E-state index contributed by atoms with van der Waals surface area (Å²) in [6.45, 7) is 0. The summed E-state index contributed by atoms with van der Waals surface area (Å²) in [5.41, 5.74) is 2.21. The molecule has 0 atom stereocenters. The number of hydrogen-bond acceptors (Lipinski definition) is 1. The molecule has 2 nitrogen and oxygen atoms in total. The summed E-state index contributed by atoms with van der Waals surface area (Å²) in [5.74, 6) is 0. The first-order chi connectivity index (χ1) is 8.06. The van der Waals surface area contributed by atoms with E-state index in [-0.39, 0.29) is 0 Å². The minimum Gasteiger partial charge on any atom is -0.333 e. The Morgan fingerprint density at radius 3 is 2.35 bits per heavy atom. The van der Waals surface area contributed by atoms with Crippen molar-refractivity contribution in [2.24, 2.45) is 7.05 Å². The standard InChI is InChI=1S/C12H7BrCl2N2/c1-17-11(7-2-4-8(14)5-3-7)9(6-16)10(13)12(17)15/h2-5H,1H3. The van der Waals surface area contributed by atoms with E-state index in [1.54, 1.807) is 16.7 Å². The number of nitrogens with zero attached hydrogens (tertiary/aromatic N) is 2. The van der Waals surface area contributed by atoms with Crippen molar-refractivity contribution in [3.05, 3.63) is 44.5 Å². The van der Waals surface area contributed by atoms with Crippen molar-refractivity contribution < 1.29 is 0 Å². The van der Waals surface area contributed by atoms with Crippen LogP contribution in [-0.4, -0.2) is 4.57 Å². The smallest absolute Gasteiger partial charge is 0.124 e. The van der Waals surface area contributed by atoms with E-state index >= 15 is 0 Å². The summed E-state index contributed by atoms with van der Waals surface area (Å²) in [5, 5.41) is 10.3. The Balaban J connectivity index is 2.72. The highest BCUT2D eigenvalue weighted by Crippen LogP contribution is 2.37. The van der Waals surface area contributed by atoms with Crippen molar-refractivity contribution in [2.75, 3.05) is 0 Å². The van der Waals surface area contributed by atoms with Gasteiger partial charge in [-0.3, -0.25) is 0 Å². The molecule has 0 radical (unpaired) electrons. The topological polar surface area (TPSA) is 28.7 Å². The molecule has 1 heterocycles. The molecule has 1 aromatic carbocycles. The second-order valence-electron chi connectivity index (χ2n) is 3.51. The summed E-state index contributed by atoms with van der Waals surface area (Å²) >= 11 is 15.3. The third kappa shape index (κ3) is 2.09. The number of rotatable bonds is 1. The third-order valence-electron chi connectivity index (χ3n) is 2.50. The Bertz CT molecular complexity index is 609. The molecular weight excluding hydrogens is 323 g/mol. The number of hydrogen-bond donors (Lipinski definition) is 0.